The second-order valence-electron chi connectivity index (χ2n) is 6.76. The molecule has 0 atom stereocenters. The molecular formula is C24H18ClFN2O3S. The van der Waals surface area contributed by atoms with Crippen LogP contribution < -0.4 is 15.0 Å². The number of nitrogens with one attached hydrogen (secondary N) is 1. The summed E-state index contributed by atoms with van der Waals surface area (Å²) < 4.78 is 18.8. The number of nitrogens with zero attached hydrogens (tertiary/aromatic N) is 1. The van der Waals surface area contributed by atoms with Crippen LogP contribution in [0.2, 0.25) is 5.02 Å². The van der Waals surface area contributed by atoms with E-state index in [1.165, 1.54) is 24.3 Å². The molecule has 1 aliphatic heterocycles. The van der Waals surface area contributed by atoms with Crippen LogP contribution in [0.5, 0.6) is 5.75 Å². The van der Waals surface area contributed by atoms with Gasteiger partial charge < -0.3 is 10.1 Å². The predicted octanol–water partition coefficient (Wildman–Crippen LogP) is 5.87. The van der Waals surface area contributed by atoms with Crippen molar-refractivity contribution in [3.8, 4) is 5.75 Å². The van der Waals surface area contributed by atoms with Crippen LogP contribution in [0.25, 0.3) is 0 Å². The van der Waals surface area contributed by atoms with Crippen LogP contribution in [0.4, 0.5) is 15.8 Å². The number of amides is 2. The van der Waals surface area contributed by atoms with Crippen molar-refractivity contribution in [1.29, 1.82) is 0 Å². The predicted molar refractivity (Wildman–Crippen MR) is 124 cm³/mol. The maximum absolute atomic E-state index is 13.4. The topological polar surface area (TPSA) is 58.6 Å². The van der Waals surface area contributed by atoms with E-state index >= 15 is 0 Å². The number of thioether (sulfide) groups is 1. The first-order chi connectivity index (χ1) is 15.5. The van der Waals surface area contributed by atoms with Gasteiger partial charge in [0.05, 0.1) is 12.3 Å². The van der Waals surface area contributed by atoms with Crippen LogP contribution in [-0.2, 0) is 9.59 Å². The van der Waals surface area contributed by atoms with E-state index in [-0.39, 0.29) is 10.6 Å². The van der Waals surface area contributed by atoms with E-state index in [1.807, 2.05) is 6.92 Å². The van der Waals surface area contributed by atoms with Gasteiger partial charge in [-0.25, -0.2) is 9.29 Å². The summed E-state index contributed by atoms with van der Waals surface area (Å²) in [5, 5.41) is 3.64. The highest BCUT2D eigenvalue weighted by Crippen LogP contribution is 2.38. The summed E-state index contributed by atoms with van der Waals surface area (Å²) in [4.78, 5) is 28.5. The minimum absolute atomic E-state index is 0.142. The fourth-order valence-electron chi connectivity index (χ4n) is 3.11. The number of hydrogen-bond donors (Lipinski definition) is 1. The van der Waals surface area contributed by atoms with Crippen molar-refractivity contribution in [2.75, 3.05) is 16.8 Å². The maximum Gasteiger partial charge on any atom is 0.283 e. The fourth-order valence-corrected chi connectivity index (χ4v) is 4.16. The lowest BCUT2D eigenvalue weighted by molar-refractivity contribution is -0.120. The summed E-state index contributed by atoms with van der Waals surface area (Å²) in [7, 11) is 0. The Morgan fingerprint density at radius 1 is 0.938 bits per heavy atom. The number of hydrogen-bond acceptors (Lipinski definition) is 5. The summed E-state index contributed by atoms with van der Waals surface area (Å²) in [5.74, 6) is -0.768. The number of anilines is 2. The van der Waals surface area contributed by atoms with Crippen LogP contribution in [0.3, 0.4) is 0 Å². The van der Waals surface area contributed by atoms with E-state index in [0.29, 0.717) is 28.8 Å². The van der Waals surface area contributed by atoms with Gasteiger partial charge in [-0.15, -0.1) is 0 Å². The van der Waals surface area contributed by atoms with Gasteiger partial charge in [-0.05, 0) is 79.7 Å². The van der Waals surface area contributed by atoms with E-state index in [2.05, 4.69) is 5.32 Å². The average molecular weight is 469 g/mol. The van der Waals surface area contributed by atoms with Crippen molar-refractivity contribution < 1.29 is 18.7 Å². The van der Waals surface area contributed by atoms with Gasteiger partial charge in [0.25, 0.3) is 11.8 Å². The second-order valence-corrected chi connectivity index (χ2v) is 8.28. The van der Waals surface area contributed by atoms with Gasteiger partial charge in [-0.2, -0.15) is 0 Å². The van der Waals surface area contributed by atoms with Crippen LogP contribution in [0.1, 0.15) is 6.92 Å². The van der Waals surface area contributed by atoms with Gasteiger partial charge in [0.15, 0.2) is 0 Å². The van der Waals surface area contributed by atoms with Gasteiger partial charge >= 0.3 is 0 Å². The van der Waals surface area contributed by atoms with Gasteiger partial charge in [0.2, 0.25) is 0 Å². The molecule has 0 fully saturated rings. The first-order valence-corrected chi connectivity index (χ1v) is 11.0. The molecule has 0 radical (unpaired) electrons. The molecule has 32 heavy (non-hydrogen) atoms. The SMILES string of the molecule is CCOc1ccc(NC2=C(Sc3ccc(Cl)cc3)C(=O)N(c3ccc(F)cc3)C2=O)cc1. The molecule has 4 rings (SSSR count). The lowest BCUT2D eigenvalue weighted by atomic mass is 10.2. The highest BCUT2D eigenvalue weighted by Gasteiger charge is 2.40. The van der Waals surface area contributed by atoms with E-state index in [1.54, 1.807) is 48.5 Å². The minimum atomic E-state index is -0.521. The number of benzene rings is 3. The van der Waals surface area contributed by atoms with Crippen LogP contribution >= 0.6 is 23.4 Å². The highest BCUT2D eigenvalue weighted by atomic mass is 35.5. The van der Waals surface area contributed by atoms with E-state index in [0.717, 1.165) is 21.6 Å². The first-order valence-electron chi connectivity index (χ1n) is 9.78. The molecule has 8 heteroatoms. The molecule has 5 nitrogen and oxygen atoms in total. The summed E-state index contributed by atoms with van der Waals surface area (Å²) in [6.07, 6.45) is 0. The fraction of sp³-hybridized carbons (Fsp3) is 0.0833. The molecule has 162 valence electrons. The normalized spacial score (nSPS) is 13.7. The smallest absolute Gasteiger partial charge is 0.283 e. The van der Waals surface area contributed by atoms with Crippen molar-refractivity contribution in [3.05, 3.63) is 94.2 Å². The Bertz CT molecular complexity index is 1180. The third-order valence-corrected chi connectivity index (χ3v) is 5.94. The average Bonchev–Trinajstić information content (AvgIpc) is 3.01. The molecule has 0 unspecified atom stereocenters. The summed E-state index contributed by atoms with van der Waals surface area (Å²) in [6.45, 7) is 2.43. The number of ether oxygens (including phenoxy) is 1. The third kappa shape index (κ3) is 4.64. The Labute approximate surface area is 193 Å². The van der Waals surface area contributed by atoms with E-state index in [4.69, 9.17) is 16.3 Å². The molecule has 1 heterocycles. The molecule has 2 amide bonds. The molecule has 0 saturated heterocycles. The van der Waals surface area contributed by atoms with Gasteiger partial charge in [-0.3, -0.25) is 9.59 Å². The molecule has 0 spiro atoms. The lowest BCUT2D eigenvalue weighted by Crippen LogP contribution is -2.32. The zero-order chi connectivity index (χ0) is 22.7. The number of imide groups is 1. The van der Waals surface area contributed by atoms with Gasteiger partial charge in [0.1, 0.15) is 22.2 Å². The Hall–Kier alpha value is -3.29. The zero-order valence-electron chi connectivity index (χ0n) is 17.0. The Kier molecular flexibility index (Phi) is 6.48. The van der Waals surface area contributed by atoms with E-state index in [9.17, 15) is 14.0 Å². The standard InChI is InChI=1S/C24H18ClFN2O3S/c1-2-31-19-11-7-17(8-12-19)27-21-22(32-20-13-3-15(25)4-14-20)24(30)28(23(21)29)18-9-5-16(26)6-10-18/h3-14,27H,2H2,1H3. The lowest BCUT2D eigenvalue weighted by Gasteiger charge is -2.15. The Morgan fingerprint density at radius 2 is 1.59 bits per heavy atom. The monoisotopic (exact) mass is 468 g/mol. The number of halogens is 2. The van der Waals surface area contributed by atoms with Gasteiger partial charge in [0, 0.05) is 15.6 Å². The number of carbonyl (C=O) groups excluding carboxylic acids is 2. The van der Waals surface area contributed by atoms with Gasteiger partial charge in [-0.1, -0.05) is 23.4 Å². The molecule has 0 aliphatic carbocycles. The molecule has 3 aromatic rings. The van der Waals surface area contributed by atoms with Crippen molar-refractivity contribution in [1.82, 2.24) is 0 Å². The molecular weight excluding hydrogens is 451 g/mol. The summed E-state index contributed by atoms with van der Waals surface area (Å²) in [6, 6.07) is 19.3. The Balaban J connectivity index is 1.69. The minimum Gasteiger partial charge on any atom is -0.494 e. The third-order valence-electron chi connectivity index (χ3n) is 4.59. The molecule has 3 aromatic carbocycles. The number of carbonyl (C=O) groups is 2. The highest BCUT2D eigenvalue weighted by molar-refractivity contribution is 8.04. The van der Waals surface area contributed by atoms with Crippen LogP contribution in [0.15, 0.2) is 88.3 Å². The quantitative estimate of drug-likeness (QED) is 0.440. The molecule has 1 aliphatic rings. The van der Waals surface area contributed by atoms with Crippen LogP contribution in [-0.4, -0.2) is 18.4 Å². The second kappa shape index (κ2) is 9.46. The zero-order valence-corrected chi connectivity index (χ0v) is 18.5. The van der Waals surface area contributed by atoms with Crippen molar-refractivity contribution >= 4 is 46.6 Å². The first kappa shape index (κ1) is 21.9. The van der Waals surface area contributed by atoms with Crippen LogP contribution in [0, 0.1) is 5.82 Å². The molecule has 0 aromatic heterocycles. The Morgan fingerprint density at radius 3 is 2.22 bits per heavy atom. The summed E-state index contributed by atoms with van der Waals surface area (Å²) >= 11 is 7.12. The maximum atomic E-state index is 13.4. The molecule has 0 bridgehead atoms. The molecule has 1 N–H and O–H groups in total. The molecule has 0 saturated carbocycles. The van der Waals surface area contributed by atoms with Crippen molar-refractivity contribution in [2.24, 2.45) is 0 Å². The number of rotatable bonds is 7. The summed E-state index contributed by atoms with van der Waals surface area (Å²) in [5.41, 5.74) is 1.06. The van der Waals surface area contributed by atoms with Crippen molar-refractivity contribution in [2.45, 2.75) is 11.8 Å². The van der Waals surface area contributed by atoms with Crippen molar-refractivity contribution in [3.63, 3.8) is 0 Å². The van der Waals surface area contributed by atoms with E-state index < -0.39 is 17.6 Å². The largest absolute Gasteiger partial charge is 0.494 e.